The molecule has 8 nitrogen and oxygen atoms in total. The van der Waals surface area contributed by atoms with Gasteiger partial charge in [-0.15, -0.1) is 0 Å². The number of amides is 4. The second-order valence-electron chi connectivity index (χ2n) is 8.05. The van der Waals surface area contributed by atoms with Crippen LogP contribution in [0.5, 0.6) is 5.75 Å². The number of nitrogens with one attached hydrogen (secondary N) is 1. The van der Waals surface area contributed by atoms with E-state index in [0.717, 1.165) is 22.1 Å². The molecule has 4 rings (SSSR count). The number of hydrogen-bond donors (Lipinski definition) is 1. The lowest BCUT2D eigenvalue weighted by Crippen LogP contribution is -2.54. The number of imide groups is 2. The first kappa shape index (κ1) is 27.1. The predicted molar refractivity (Wildman–Crippen MR) is 146 cm³/mol. The zero-order valence-corrected chi connectivity index (χ0v) is 24.0. The van der Waals surface area contributed by atoms with Crippen molar-refractivity contribution in [2.75, 3.05) is 4.90 Å². The predicted octanol–water partition coefficient (Wildman–Crippen LogP) is 5.92. The third kappa shape index (κ3) is 5.64. The number of hydrogen-bond acceptors (Lipinski definition) is 6. The third-order valence-corrected chi connectivity index (χ3v) is 8.04. The number of halogens is 3. The van der Waals surface area contributed by atoms with Gasteiger partial charge >= 0.3 is 16.1 Å². The minimum Gasteiger partial charge on any atom is -0.377 e. The second kappa shape index (κ2) is 10.4. The Kier molecular flexibility index (Phi) is 7.61. The molecule has 12 heteroatoms. The van der Waals surface area contributed by atoms with Crippen molar-refractivity contribution in [2.24, 2.45) is 0 Å². The largest absolute Gasteiger partial charge is 0.377 e. The van der Waals surface area contributed by atoms with Gasteiger partial charge in [-0.3, -0.25) is 14.9 Å². The molecule has 0 atom stereocenters. The Hall–Kier alpha value is -2.99. The smallest absolute Gasteiger partial charge is 0.339 e. The van der Waals surface area contributed by atoms with Crippen molar-refractivity contribution < 1.29 is 27.0 Å². The molecule has 37 heavy (non-hydrogen) atoms. The van der Waals surface area contributed by atoms with Crippen LogP contribution >= 0.6 is 43.5 Å². The molecule has 0 unspecified atom stereocenters. The third-order valence-electron chi connectivity index (χ3n) is 5.35. The summed E-state index contributed by atoms with van der Waals surface area (Å²) >= 11 is 12.8. The Labute approximate surface area is 234 Å². The molecule has 0 spiro atoms. The van der Waals surface area contributed by atoms with E-state index in [0.29, 0.717) is 9.50 Å². The fraction of sp³-hybridized carbons (Fsp3) is 0.0800. The number of urea groups is 1. The van der Waals surface area contributed by atoms with Crippen LogP contribution in [0.15, 0.2) is 74.0 Å². The molecular formula is C25H17Br2ClN2O6S. The van der Waals surface area contributed by atoms with Gasteiger partial charge in [0.15, 0.2) is 5.75 Å². The number of aryl methyl sites for hydroxylation is 2. The Morgan fingerprint density at radius 1 is 0.973 bits per heavy atom. The number of rotatable bonds is 5. The fourth-order valence-electron chi connectivity index (χ4n) is 3.41. The van der Waals surface area contributed by atoms with Crippen molar-refractivity contribution >= 4 is 83.2 Å². The number of carbonyl (C=O) groups is 3. The van der Waals surface area contributed by atoms with Crippen LogP contribution in [0.25, 0.3) is 6.08 Å². The summed E-state index contributed by atoms with van der Waals surface area (Å²) in [5, 5.41) is 2.45. The fourth-order valence-corrected chi connectivity index (χ4v) is 6.00. The highest BCUT2D eigenvalue weighted by Gasteiger charge is 2.37. The number of barbiturate groups is 1. The summed E-state index contributed by atoms with van der Waals surface area (Å²) in [6.45, 7) is 3.58. The molecule has 1 heterocycles. The minimum atomic E-state index is -4.27. The molecule has 0 aliphatic carbocycles. The van der Waals surface area contributed by atoms with Gasteiger partial charge in [0.2, 0.25) is 0 Å². The van der Waals surface area contributed by atoms with E-state index in [9.17, 15) is 22.8 Å². The van der Waals surface area contributed by atoms with E-state index in [1.807, 2.05) is 6.92 Å². The summed E-state index contributed by atoms with van der Waals surface area (Å²) in [4.78, 5) is 39.2. The highest BCUT2D eigenvalue weighted by Crippen LogP contribution is 2.37. The molecule has 3 aromatic carbocycles. The van der Waals surface area contributed by atoms with Crippen molar-refractivity contribution in [3.05, 3.63) is 90.8 Å². The van der Waals surface area contributed by atoms with Crippen LogP contribution in [0.1, 0.15) is 16.7 Å². The van der Waals surface area contributed by atoms with E-state index in [1.165, 1.54) is 30.3 Å². The molecule has 1 aliphatic heterocycles. The summed E-state index contributed by atoms with van der Waals surface area (Å²) in [5.41, 5.74) is 1.43. The Morgan fingerprint density at radius 2 is 1.65 bits per heavy atom. The highest BCUT2D eigenvalue weighted by molar-refractivity contribution is 9.11. The summed E-state index contributed by atoms with van der Waals surface area (Å²) in [6.07, 6.45) is 1.16. The first-order chi connectivity index (χ1) is 17.4. The zero-order chi connectivity index (χ0) is 27.1. The average Bonchev–Trinajstić information content (AvgIpc) is 2.81. The zero-order valence-electron chi connectivity index (χ0n) is 19.2. The summed E-state index contributed by atoms with van der Waals surface area (Å²) in [5.74, 6) is -2.02. The second-order valence-corrected chi connectivity index (χ2v) is 11.8. The summed E-state index contributed by atoms with van der Waals surface area (Å²) in [7, 11) is -4.27. The molecule has 4 amide bonds. The van der Waals surface area contributed by atoms with Gasteiger partial charge < -0.3 is 4.18 Å². The first-order valence-electron chi connectivity index (χ1n) is 10.5. The van der Waals surface area contributed by atoms with Crippen LogP contribution < -0.4 is 14.4 Å². The highest BCUT2D eigenvalue weighted by atomic mass is 79.9. The molecule has 1 N–H and O–H groups in total. The molecule has 1 fully saturated rings. The van der Waals surface area contributed by atoms with E-state index in [1.54, 1.807) is 31.2 Å². The monoisotopic (exact) mass is 666 g/mol. The van der Waals surface area contributed by atoms with Crippen LogP contribution in [0.4, 0.5) is 10.5 Å². The van der Waals surface area contributed by atoms with E-state index < -0.39 is 33.5 Å². The average molecular weight is 669 g/mol. The van der Waals surface area contributed by atoms with Crippen LogP contribution in [0.2, 0.25) is 5.02 Å². The summed E-state index contributed by atoms with van der Waals surface area (Å²) < 4.78 is 32.1. The number of benzene rings is 3. The maximum atomic E-state index is 13.3. The van der Waals surface area contributed by atoms with Gasteiger partial charge in [0, 0.05) is 15.1 Å². The lowest BCUT2D eigenvalue weighted by atomic mass is 10.1. The van der Waals surface area contributed by atoms with Gasteiger partial charge in [0.1, 0.15) is 10.5 Å². The van der Waals surface area contributed by atoms with Crippen LogP contribution in [0.3, 0.4) is 0 Å². The molecule has 0 saturated carbocycles. The van der Waals surface area contributed by atoms with Gasteiger partial charge in [-0.25, -0.2) is 9.69 Å². The molecular weight excluding hydrogens is 652 g/mol. The molecule has 0 aromatic heterocycles. The molecule has 3 aromatic rings. The van der Waals surface area contributed by atoms with Crippen LogP contribution in [-0.4, -0.2) is 26.3 Å². The number of carbonyl (C=O) groups excluding carboxylic acids is 3. The van der Waals surface area contributed by atoms with E-state index >= 15 is 0 Å². The minimum absolute atomic E-state index is 0.0778. The molecule has 0 bridgehead atoms. The normalized spacial score (nSPS) is 15.2. The molecule has 0 radical (unpaired) electrons. The van der Waals surface area contributed by atoms with Gasteiger partial charge in [0.05, 0.1) is 10.2 Å². The van der Waals surface area contributed by atoms with Crippen LogP contribution in [-0.2, 0) is 19.7 Å². The van der Waals surface area contributed by atoms with Gasteiger partial charge in [-0.05, 0) is 77.8 Å². The SMILES string of the molecule is Cc1ccc(S(=O)(=O)Oc2c(Br)cc(Br)cc2/C=C2\C(=O)NC(=O)N(c3ccc(C)c(Cl)c3)C2=O)cc1. The first-order valence-corrected chi connectivity index (χ1v) is 13.9. The lowest BCUT2D eigenvalue weighted by Gasteiger charge is -2.26. The lowest BCUT2D eigenvalue weighted by molar-refractivity contribution is -0.122. The standard InChI is InChI=1S/C25H17Br2ClN2O6S/c1-13-3-7-18(8-4-13)37(34,35)36-22-15(9-16(26)11-20(22)27)10-19-23(31)29-25(33)30(24(19)32)17-6-5-14(2)21(28)12-17/h3-12H,1-2H3,(H,29,31,33)/b19-10+. The topological polar surface area (TPSA) is 110 Å². The number of anilines is 1. The van der Waals surface area contributed by atoms with Crippen molar-refractivity contribution in [3.63, 3.8) is 0 Å². The van der Waals surface area contributed by atoms with Crippen molar-refractivity contribution in [3.8, 4) is 5.75 Å². The molecule has 1 aliphatic rings. The quantitative estimate of drug-likeness (QED) is 0.206. The molecule has 1 saturated heterocycles. The number of nitrogens with zero attached hydrogens (tertiary/aromatic N) is 1. The maximum Gasteiger partial charge on any atom is 0.339 e. The Morgan fingerprint density at radius 3 is 2.30 bits per heavy atom. The van der Waals surface area contributed by atoms with E-state index in [-0.39, 0.29) is 26.4 Å². The Balaban J connectivity index is 1.79. The van der Waals surface area contributed by atoms with Crippen LogP contribution in [0, 0.1) is 13.8 Å². The van der Waals surface area contributed by atoms with Gasteiger partial charge in [-0.2, -0.15) is 8.42 Å². The summed E-state index contributed by atoms with van der Waals surface area (Å²) in [6, 6.07) is 12.7. The van der Waals surface area contributed by atoms with Crippen molar-refractivity contribution in [1.29, 1.82) is 0 Å². The van der Waals surface area contributed by atoms with E-state index in [2.05, 4.69) is 37.2 Å². The van der Waals surface area contributed by atoms with Crippen molar-refractivity contribution in [1.82, 2.24) is 5.32 Å². The molecule has 190 valence electrons. The van der Waals surface area contributed by atoms with Crippen molar-refractivity contribution in [2.45, 2.75) is 18.7 Å². The van der Waals surface area contributed by atoms with Gasteiger partial charge in [0.25, 0.3) is 11.8 Å². The van der Waals surface area contributed by atoms with Gasteiger partial charge in [-0.1, -0.05) is 51.3 Å². The Bertz CT molecular complexity index is 1600. The van der Waals surface area contributed by atoms with E-state index in [4.69, 9.17) is 15.8 Å². The maximum absolute atomic E-state index is 13.3.